The molecule has 1 fully saturated rings. The van der Waals surface area contributed by atoms with Crippen molar-refractivity contribution in [1.29, 1.82) is 0 Å². The summed E-state index contributed by atoms with van der Waals surface area (Å²) in [5.74, 6) is -0.908. The molecule has 0 bridgehead atoms. The largest absolute Gasteiger partial charge is 0.350 e. The minimum atomic E-state index is -3.44. The number of amides is 2. The number of hydrogen-bond acceptors (Lipinski definition) is 4. The maximum Gasteiger partial charge on any atom is 0.253 e. The highest BCUT2D eigenvalue weighted by molar-refractivity contribution is 7.89. The van der Waals surface area contributed by atoms with Crippen LogP contribution in [-0.4, -0.2) is 49.4 Å². The van der Waals surface area contributed by atoms with Gasteiger partial charge in [-0.15, -0.1) is 0 Å². The third-order valence-corrected chi connectivity index (χ3v) is 7.63. The number of carbonyl (C=O) groups excluding carboxylic acids is 2. The Hall–Kier alpha value is -2.71. The van der Waals surface area contributed by atoms with Gasteiger partial charge in [-0.2, -0.15) is 0 Å². The number of rotatable bonds is 9. The van der Waals surface area contributed by atoms with E-state index in [1.807, 2.05) is 44.2 Å². The van der Waals surface area contributed by atoms with Crippen molar-refractivity contribution in [3.63, 3.8) is 0 Å². The Morgan fingerprint density at radius 3 is 2.48 bits per heavy atom. The van der Waals surface area contributed by atoms with Crippen molar-refractivity contribution < 1.29 is 18.0 Å². The van der Waals surface area contributed by atoms with Gasteiger partial charge in [-0.25, -0.2) is 12.7 Å². The monoisotopic (exact) mass is 471 g/mol. The molecule has 2 amide bonds. The van der Waals surface area contributed by atoms with E-state index in [2.05, 4.69) is 10.6 Å². The van der Waals surface area contributed by atoms with Crippen LogP contribution in [0.3, 0.4) is 0 Å². The molecule has 2 N–H and O–H groups in total. The number of sulfonamides is 1. The quantitative estimate of drug-likeness (QED) is 0.586. The highest BCUT2D eigenvalue weighted by Crippen LogP contribution is 2.23. The lowest BCUT2D eigenvalue weighted by Crippen LogP contribution is -2.44. The Bertz CT molecular complexity index is 1050. The molecule has 0 aromatic heterocycles. The number of nitrogens with one attached hydrogen (secondary N) is 2. The molecule has 1 aliphatic heterocycles. The van der Waals surface area contributed by atoms with Crippen LogP contribution in [0.25, 0.3) is 0 Å². The van der Waals surface area contributed by atoms with Crippen LogP contribution < -0.4 is 10.6 Å². The molecule has 33 heavy (non-hydrogen) atoms. The van der Waals surface area contributed by atoms with E-state index in [9.17, 15) is 18.0 Å². The first-order valence-corrected chi connectivity index (χ1v) is 13.1. The highest BCUT2D eigenvalue weighted by Gasteiger charge is 2.32. The number of aryl methyl sites for hydroxylation is 1. The Morgan fingerprint density at radius 1 is 1.06 bits per heavy atom. The number of hydrogen-bond donors (Lipinski definition) is 2. The summed E-state index contributed by atoms with van der Waals surface area (Å²) in [5.41, 5.74) is 1.94. The van der Waals surface area contributed by atoms with Gasteiger partial charge in [0.15, 0.2) is 0 Å². The van der Waals surface area contributed by atoms with Crippen molar-refractivity contribution in [1.82, 2.24) is 9.62 Å². The summed E-state index contributed by atoms with van der Waals surface area (Å²) >= 11 is 0. The normalized spacial score (nSPS) is 17.0. The molecule has 7 nitrogen and oxygen atoms in total. The van der Waals surface area contributed by atoms with Crippen molar-refractivity contribution in [2.24, 2.45) is 5.92 Å². The van der Waals surface area contributed by atoms with Crippen LogP contribution in [0.2, 0.25) is 0 Å². The highest BCUT2D eigenvalue weighted by atomic mass is 32.2. The number of anilines is 1. The summed E-state index contributed by atoms with van der Waals surface area (Å²) in [7, 11) is -3.44. The van der Waals surface area contributed by atoms with E-state index in [1.54, 1.807) is 24.3 Å². The molecule has 0 saturated carbocycles. The van der Waals surface area contributed by atoms with Gasteiger partial charge in [0.25, 0.3) is 5.91 Å². The van der Waals surface area contributed by atoms with Crippen molar-refractivity contribution >= 4 is 27.5 Å². The second kappa shape index (κ2) is 11.4. The summed E-state index contributed by atoms with van der Waals surface area (Å²) in [6.07, 6.45) is 2.48. The molecule has 2 aromatic carbocycles. The van der Waals surface area contributed by atoms with Crippen molar-refractivity contribution in [3.8, 4) is 0 Å². The second-order valence-electron chi connectivity index (χ2n) is 8.77. The topological polar surface area (TPSA) is 95.6 Å². The molecule has 3 rings (SSSR count). The van der Waals surface area contributed by atoms with Crippen LogP contribution in [0.1, 0.15) is 49.0 Å². The summed E-state index contributed by atoms with van der Waals surface area (Å²) in [6.45, 7) is 4.34. The maximum absolute atomic E-state index is 13.0. The van der Waals surface area contributed by atoms with Crippen molar-refractivity contribution in [2.75, 3.05) is 24.2 Å². The van der Waals surface area contributed by atoms with E-state index in [-0.39, 0.29) is 30.2 Å². The minimum absolute atomic E-state index is 0.0275. The fourth-order valence-electron chi connectivity index (χ4n) is 4.01. The molecule has 1 aliphatic rings. The zero-order chi connectivity index (χ0) is 23.8. The molecule has 0 unspecified atom stereocenters. The molecule has 0 aliphatic carbocycles. The Labute approximate surface area is 196 Å². The van der Waals surface area contributed by atoms with E-state index >= 15 is 0 Å². The van der Waals surface area contributed by atoms with Crippen LogP contribution in [-0.2, 0) is 21.2 Å². The lowest BCUT2D eigenvalue weighted by Gasteiger charge is -2.31. The molecule has 0 radical (unpaired) electrons. The molecule has 8 heteroatoms. The van der Waals surface area contributed by atoms with E-state index in [0.29, 0.717) is 43.5 Å². The summed E-state index contributed by atoms with van der Waals surface area (Å²) < 4.78 is 27.2. The average molecular weight is 472 g/mol. The smallest absolute Gasteiger partial charge is 0.253 e. The predicted molar refractivity (Wildman–Crippen MR) is 131 cm³/mol. The van der Waals surface area contributed by atoms with Crippen LogP contribution in [0.5, 0.6) is 0 Å². The number of piperidine rings is 1. The molecule has 178 valence electrons. The molecular formula is C25H33N3O4S. The van der Waals surface area contributed by atoms with Gasteiger partial charge < -0.3 is 10.6 Å². The van der Waals surface area contributed by atoms with Crippen LogP contribution in [0, 0.1) is 5.92 Å². The zero-order valence-corrected chi connectivity index (χ0v) is 20.1. The van der Waals surface area contributed by atoms with Gasteiger partial charge in [0.1, 0.15) is 0 Å². The minimum Gasteiger partial charge on any atom is -0.350 e. The van der Waals surface area contributed by atoms with Gasteiger partial charge in [0.2, 0.25) is 15.9 Å². The molecular weight excluding hydrogens is 438 g/mol. The molecule has 1 atom stereocenters. The Morgan fingerprint density at radius 2 is 1.76 bits per heavy atom. The first-order valence-electron chi connectivity index (χ1n) is 11.5. The molecule has 1 saturated heterocycles. The fourth-order valence-corrected chi connectivity index (χ4v) is 5.59. The average Bonchev–Trinajstić information content (AvgIpc) is 2.79. The van der Waals surface area contributed by atoms with Crippen molar-refractivity contribution in [2.45, 2.75) is 45.6 Å². The molecule has 2 aromatic rings. The van der Waals surface area contributed by atoms with Gasteiger partial charge >= 0.3 is 0 Å². The van der Waals surface area contributed by atoms with E-state index < -0.39 is 15.9 Å². The summed E-state index contributed by atoms with van der Waals surface area (Å²) in [4.78, 5) is 25.4. The maximum atomic E-state index is 13.0. The Kier molecular flexibility index (Phi) is 8.63. The lowest BCUT2D eigenvalue weighted by molar-refractivity contribution is -0.120. The van der Waals surface area contributed by atoms with E-state index in [0.717, 1.165) is 5.56 Å². The first-order chi connectivity index (χ1) is 15.8. The number of para-hydroxylation sites is 1. The third kappa shape index (κ3) is 7.14. The van der Waals surface area contributed by atoms with Gasteiger partial charge in [-0.3, -0.25) is 9.59 Å². The molecule has 0 spiro atoms. The number of nitrogens with zero attached hydrogens (tertiary/aromatic N) is 1. The summed E-state index contributed by atoms with van der Waals surface area (Å²) in [6, 6.07) is 16.6. The van der Waals surface area contributed by atoms with Crippen molar-refractivity contribution in [3.05, 3.63) is 65.7 Å². The molecule has 1 heterocycles. The fraction of sp³-hybridized carbons (Fsp3) is 0.440. The predicted octanol–water partition coefficient (Wildman–Crippen LogP) is 3.44. The standard InChI is InChI=1S/C25H33N3O4S/c1-19(2)26-25(30)22-14-6-7-15-23(22)27-24(29)21-13-8-16-28(18-21)33(31,32)17-9-12-20-10-4-3-5-11-20/h3-7,10-11,14-15,19,21H,8-9,12-13,16-18H2,1-2H3,(H,26,30)(H,27,29)/t21-/m0/s1. The number of carbonyl (C=O) groups is 2. The van der Waals surface area contributed by atoms with Crippen LogP contribution in [0.15, 0.2) is 54.6 Å². The SMILES string of the molecule is CC(C)NC(=O)c1ccccc1NC(=O)[C@H]1CCCN(S(=O)(=O)CCCc2ccccc2)C1. The second-order valence-corrected chi connectivity index (χ2v) is 10.9. The zero-order valence-electron chi connectivity index (χ0n) is 19.3. The Balaban J connectivity index is 1.60. The van der Waals surface area contributed by atoms with E-state index in [4.69, 9.17) is 0 Å². The lowest BCUT2D eigenvalue weighted by atomic mass is 9.98. The van der Waals surface area contributed by atoms with Gasteiger partial charge in [0.05, 0.1) is 22.9 Å². The summed E-state index contributed by atoms with van der Waals surface area (Å²) in [5, 5.41) is 5.68. The van der Waals surface area contributed by atoms with E-state index in [1.165, 1.54) is 4.31 Å². The third-order valence-electron chi connectivity index (χ3n) is 5.71. The van der Waals surface area contributed by atoms with Gasteiger partial charge in [-0.05, 0) is 57.2 Å². The first kappa shape index (κ1) is 24.9. The van der Waals surface area contributed by atoms with Crippen LogP contribution >= 0.6 is 0 Å². The van der Waals surface area contributed by atoms with Crippen LogP contribution in [0.4, 0.5) is 5.69 Å². The van der Waals surface area contributed by atoms with Gasteiger partial charge in [-0.1, -0.05) is 42.5 Å². The van der Waals surface area contributed by atoms with Gasteiger partial charge in [0, 0.05) is 19.1 Å². The number of benzene rings is 2.